The molecule has 1 atom stereocenters. The number of carbonyl (C=O) groups is 1. The number of benzene rings is 4. The van der Waals surface area contributed by atoms with E-state index in [4.69, 9.17) is 10.7 Å². The van der Waals surface area contributed by atoms with Gasteiger partial charge in [-0.2, -0.15) is 0 Å². The largest absolute Gasteiger partial charge is 0.330 e. The first-order valence-electron chi connectivity index (χ1n) is 14.0. The fourth-order valence-electron chi connectivity index (χ4n) is 5.17. The van der Waals surface area contributed by atoms with Crippen LogP contribution in [0.4, 0.5) is 11.4 Å². The summed E-state index contributed by atoms with van der Waals surface area (Å²) in [6.45, 7) is 3.50. The lowest BCUT2D eigenvalue weighted by Crippen LogP contribution is -2.51. The summed E-state index contributed by atoms with van der Waals surface area (Å²) in [6, 6.07) is 37.2. The lowest BCUT2D eigenvalue weighted by molar-refractivity contribution is -0.131. The van der Waals surface area contributed by atoms with E-state index in [1.807, 2.05) is 41.3 Å². The minimum absolute atomic E-state index is 0.00115. The molecule has 3 N–H and O–H groups in total. The smallest absolute Gasteiger partial charge is 0.221 e. The van der Waals surface area contributed by atoms with Crippen LogP contribution < -0.4 is 16.0 Å². The minimum Gasteiger partial charge on any atom is -0.330 e. The van der Waals surface area contributed by atoms with Crippen molar-refractivity contribution < 1.29 is 4.79 Å². The number of hydrogen-bond donors (Lipinski definition) is 2. The number of rotatable bonds is 10. The quantitative estimate of drug-likeness (QED) is 0.220. The van der Waals surface area contributed by atoms with Crippen LogP contribution in [0.2, 0.25) is 0 Å². The fourth-order valence-corrected chi connectivity index (χ4v) is 5.17. The maximum absolute atomic E-state index is 13.3. The Labute approximate surface area is 237 Å². The molecule has 1 aliphatic heterocycles. The Balaban J connectivity index is 1.59. The van der Waals surface area contributed by atoms with Crippen LogP contribution in [-0.2, 0) is 11.3 Å². The molecule has 1 amide bonds. The number of carbonyl (C=O) groups excluding carboxylic acids is 1. The van der Waals surface area contributed by atoms with Crippen LogP contribution in [0.1, 0.15) is 43.5 Å². The summed E-state index contributed by atoms with van der Waals surface area (Å²) in [4.78, 5) is 22.5. The third-order valence-electron chi connectivity index (χ3n) is 7.23. The van der Waals surface area contributed by atoms with Gasteiger partial charge in [0.05, 0.1) is 0 Å². The second kappa shape index (κ2) is 13.1. The van der Waals surface area contributed by atoms with Gasteiger partial charge < -0.3 is 16.0 Å². The zero-order chi connectivity index (χ0) is 27.7. The molecule has 0 saturated heterocycles. The van der Waals surface area contributed by atoms with Gasteiger partial charge in [-0.3, -0.25) is 14.7 Å². The summed E-state index contributed by atoms with van der Waals surface area (Å²) < 4.78 is 0. The van der Waals surface area contributed by atoms with Crippen LogP contribution in [0.25, 0.3) is 11.1 Å². The number of guanidine groups is 1. The molecule has 0 aliphatic carbocycles. The number of amides is 1. The van der Waals surface area contributed by atoms with Gasteiger partial charge in [-0.15, -0.1) is 0 Å². The summed E-state index contributed by atoms with van der Waals surface area (Å²) >= 11 is 0. The molecule has 4 aromatic carbocycles. The Morgan fingerprint density at radius 1 is 0.825 bits per heavy atom. The third kappa shape index (κ3) is 6.24. The molecule has 5 rings (SSSR count). The highest BCUT2D eigenvalue weighted by molar-refractivity contribution is 6.09. The zero-order valence-electron chi connectivity index (χ0n) is 23.0. The van der Waals surface area contributed by atoms with Gasteiger partial charge in [-0.1, -0.05) is 97.4 Å². The first-order valence-corrected chi connectivity index (χ1v) is 14.0. The zero-order valence-corrected chi connectivity index (χ0v) is 23.0. The molecule has 40 heavy (non-hydrogen) atoms. The topological polar surface area (TPSA) is 74.0 Å². The number of aliphatic imine (C=N–C) groups is 1. The molecule has 0 bridgehead atoms. The average molecular weight is 532 g/mol. The molecule has 1 unspecified atom stereocenters. The highest BCUT2D eigenvalue weighted by atomic mass is 16.2. The molecule has 1 aliphatic rings. The molecular formula is C34H37N5O. The molecular weight excluding hydrogens is 494 g/mol. The van der Waals surface area contributed by atoms with Gasteiger partial charge in [0.25, 0.3) is 0 Å². The molecule has 6 heteroatoms. The van der Waals surface area contributed by atoms with Gasteiger partial charge in [0.1, 0.15) is 6.17 Å². The lowest BCUT2D eigenvalue weighted by Gasteiger charge is -2.45. The normalized spacial score (nSPS) is 15.4. The van der Waals surface area contributed by atoms with Crippen LogP contribution in [0.5, 0.6) is 0 Å². The predicted molar refractivity (Wildman–Crippen MR) is 165 cm³/mol. The van der Waals surface area contributed by atoms with Crippen molar-refractivity contribution in [2.45, 2.75) is 38.9 Å². The summed E-state index contributed by atoms with van der Waals surface area (Å²) in [7, 11) is 0. The average Bonchev–Trinajstić information content (AvgIpc) is 3.00. The van der Waals surface area contributed by atoms with Crippen molar-refractivity contribution in [3.05, 3.63) is 120 Å². The number of nitrogens with one attached hydrogen (secondary N) is 1. The summed E-state index contributed by atoms with van der Waals surface area (Å²) in [5, 5.41) is 3.58. The van der Waals surface area contributed by atoms with Crippen molar-refractivity contribution in [3.8, 4) is 11.1 Å². The Hall–Kier alpha value is -4.42. The van der Waals surface area contributed by atoms with E-state index in [1.165, 1.54) is 0 Å². The van der Waals surface area contributed by atoms with Crippen molar-refractivity contribution >= 4 is 23.2 Å². The second-order valence-corrected chi connectivity index (χ2v) is 10.1. The van der Waals surface area contributed by atoms with Crippen LogP contribution in [0.3, 0.4) is 0 Å². The highest BCUT2D eigenvalue weighted by Crippen LogP contribution is 2.40. The lowest BCUT2D eigenvalue weighted by atomic mass is 10.0. The number of anilines is 2. The van der Waals surface area contributed by atoms with Crippen molar-refractivity contribution in [3.63, 3.8) is 0 Å². The Bertz CT molecular complexity index is 1420. The number of nitrogens with zero attached hydrogens (tertiary/aromatic N) is 3. The van der Waals surface area contributed by atoms with Crippen molar-refractivity contribution in [1.29, 1.82) is 0 Å². The van der Waals surface area contributed by atoms with E-state index >= 15 is 0 Å². The molecule has 0 fully saturated rings. The SMILES string of the molecule is CC(=O)N(Cc1ccccc1)C1c2ccccc2NC(=NCCCCCN)N1c1ccc(-c2ccccc2)cc1. The van der Waals surface area contributed by atoms with E-state index in [1.54, 1.807) is 6.92 Å². The first kappa shape index (κ1) is 27.2. The van der Waals surface area contributed by atoms with Gasteiger partial charge in [0, 0.05) is 37.0 Å². The highest BCUT2D eigenvalue weighted by Gasteiger charge is 2.37. The third-order valence-corrected chi connectivity index (χ3v) is 7.23. The number of hydrogen-bond acceptors (Lipinski definition) is 3. The number of fused-ring (bicyclic) bond motifs is 1. The summed E-state index contributed by atoms with van der Waals surface area (Å²) in [5.41, 5.74) is 12.0. The Morgan fingerprint density at radius 2 is 1.48 bits per heavy atom. The Kier molecular flexibility index (Phi) is 8.89. The van der Waals surface area contributed by atoms with Crippen LogP contribution >= 0.6 is 0 Å². The Morgan fingerprint density at radius 3 is 2.17 bits per heavy atom. The van der Waals surface area contributed by atoms with E-state index in [0.717, 1.165) is 58.9 Å². The minimum atomic E-state index is -0.375. The molecule has 0 saturated carbocycles. The van der Waals surface area contributed by atoms with Crippen molar-refractivity contribution in [2.24, 2.45) is 10.7 Å². The summed E-state index contributed by atoms with van der Waals surface area (Å²) in [6.07, 6.45) is 2.60. The van der Waals surface area contributed by atoms with E-state index < -0.39 is 0 Å². The standard InChI is InChI=1S/C34H37N5O/c1-26(40)38(25-27-13-5-2-6-14-27)33-31-17-9-10-18-32(31)37-34(36-24-12-4-11-23-35)39(33)30-21-19-29(20-22-30)28-15-7-3-8-16-28/h2-3,5-10,13-22,33H,4,11-12,23-25,35H2,1H3,(H,36,37). The maximum Gasteiger partial charge on any atom is 0.221 e. The van der Waals surface area contributed by atoms with Gasteiger partial charge in [0.2, 0.25) is 11.9 Å². The molecule has 0 aromatic heterocycles. The maximum atomic E-state index is 13.3. The molecule has 6 nitrogen and oxygen atoms in total. The molecule has 1 heterocycles. The first-order chi connectivity index (χ1) is 19.7. The van der Waals surface area contributed by atoms with E-state index in [0.29, 0.717) is 19.6 Å². The van der Waals surface area contributed by atoms with Crippen molar-refractivity contribution in [2.75, 3.05) is 23.3 Å². The monoisotopic (exact) mass is 531 g/mol. The van der Waals surface area contributed by atoms with Crippen LogP contribution in [0.15, 0.2) is 114 Å². The van der Waals surface area contributed by atoms with E-state index in [9.17, 15) is 4.79 Å². The predicted octanol–water partition coefficient (Wildman–Crippen LogP) is 6.82. The molecule has 4 aromatic rings. The van der Waals surface area contributed by atoms with Gasteiger partial charge in [-0.05, 0) is 54.3 Å². The molecule has 204 valence electrons. The van der Waals surface area contributed by atoms with Gasteiger partial charge in [0.15, 0.2) is 0 Å². The second-order valence-electron chi connectivity index (χ2n) is 10.1. The fraction of sp³-hybridized carbons (Fsp3) is 0.235. The van der Waals surface area contributed by atoms with Crippen LogP contribution in [0, 0.1) is 0 Å². The van der Waals surface area contributed by atoms with Crippen LogP contribution in [-0.4, -0.2) is 29.9 Å². The number of nitrogens with two attached hydrogens (primary N) is 1. The van der Waals surface area contributed by atoms with E-state index in [2.05, 4.69) is 83.0 Å². The van der Waals surface area contributed by atoms with E-state index in [-0.39, 0.29) is 12.1 Å². The molecule has 0 radical (unpaired) electrons. The number of unbranched alkanes of at least 4 members (excludes halogenated alkanes) is 2. The van der Waals surface area contributed by atoms with Gasteiger partial charge in [-0.25, -0.2) is 0 Å². The summed E-state index contributed by atoms with van der Waals surface area (Å²) in [5.74, 6) is 0.738. The van der Waals surface area contributed by atoms with Gasteiger partial charge >= 0.3 is 0 Å². The van der Waals surface area contributed by atoms with Crippen molar-refractivity contribution in [1.82, 2.24) is 4.90 Å². The molecule has 0 spiro atoms. The number of para-hydroxylation sites is 1.